The lowest BCUT2D eigenvalue weighted by atomic mass is 9.77. The van der Waals surface area contributed by atoms with E-state index in [1.54, 1.807) is 12.1 Å². The van der Waals surface area contributed by atoms with Gasteiger partial charge in [-0.25, -0.2) is 0 Å². The summed E-state index contributed by atoms with van der Waals surface area (Å²) in [6.07, 6.45) is 3.33. The second-order valence-electron chi connectivity index (χ2n) is 9.84. The Morgan fingerprint density at radius 1 is 1.10 bits per heavy atom. The van der Waals surface area contributed by atoms with Crippen LogP contribution in [0.3, 0.4) is 0 Å². The molecule has 0 aliphatic carbocycles. The molecule has 1 atom stereocenters. The normalized spacial score (nSPS) is 18.8. The topological polar surface area (TPSA) is 23.5 Å². The van der Waals surface area contributed by atoms with Gasteiger partial charge < -0.3 is 5.11 Å². The Morgan fingerprint density at radius 2 is 1.63 bits per heavy atom. The van der Waals surface area contributed by atoms with Gasteiger partial charge in [0.15, 0.2) is 0 Å². The van der Waals surface area contributed by atoms with E-state index in [9.17, 15) is 18.3 Å². The van der Waals surface area contributed by atoms with Gasteiger partial charge in [0.05, 0.1) is 11.2 Å². The average molecular weight is 426 g/mol. The first-order valence-electron chi connectivity index (χ1n) is 11.2. The molecule has 0 spiro atoms. The molecule has 1 heterocycles. The molecule has 0 radical (unpaired) electrons. The molecule has 1 N–H and O–H groups in total. The van der Waals surface area contributed by atoms with Crippen molar-refractivity contribution in [1.82, 2.24) is 4.90 Å². The molecular weight excluding hydrogens is 387 g/mol. The van der Waals surface area contributed by atoms with Crippen molar-refractivity contribution in [2.75, 3.05) is 13.1 Å². The zero-order chi connectivity index (χ0) is 22.6. The van der Waals surface area contributed by atoms with Crippen LogP contribution in [-0.4, -0.2) is 34.7 Å². The van der Waals surface area contributed by atoms with Crippen LogP contribution in [0, 0.1) is 0 Å². The van der Waals surface area contributed by atoms with Crippen molar-refractivity contribution >= 4 is 0 Å². The Morgan fingerprint density at radius 3 is 2.10 bits per heavy atom. The van der Waals surface area contributed by atoms with E-state index in [0.29, 0.717) is 0 Å². The molecule has 1 aromatic rings. The Hall–Kier alpha value is -1.33. The third-order valence-electron chi connectivity index (χ3n) is 6.43. The third kappa shape index (κ3) is 6.84. The quantitative estimate of drug-likeness (QED) is 0.467. The summed E-state index contributed by atoms with van der Waals surface area (Å²) in [6.45, 7) is 12.2. The van der Waals surface area contributed by atoms with Crippen molar-refractivity contribution < 1.29 is 18.3 Å². The maximum absolute atomic E-state index is 12.9. The van der Waals surface area contributed by atoms with Gasteiger partial charge in [-0.2, -0.15) is 13.2 Å². The number of piperidine rings is 1. The lowest BCUT2D eigenvalue weighted by molar-refractivity contribution is -0.137. The van der Waals surface area contributed by atoms with Gasteiger partial charge in [-0.15, -0.1) is 0 Å². The fourth-order valence-corrected chi connectivity index (χ4v) is 4.46. The van der Waals surface area contributed by atoms with Crippen LogP contribution in [-0.2, 0) is 11.6 Å². The Bertz CT molecular complexity index is 694. The van der Waals surface area contributed by atoms with Crippen LogP contribution in [0.1, 0.15) is 84.3 Å². The predicted molar refractivity (Wildman–Crippen MR) is 118 cm³/mol. The van der Waals surface area contributed by atoms with E-state index in [1.165, 1.54) is 17.7 Å². The van der Waals surface area contributed by atoms with Gasteiger partial charge in [-0.1, -0.05) is 57.4 Å². The van der Waals surface area contributed by atoms with E-state index < -0.39 is 17.3 Å². The van der Waals surface area contributed by atoms with Crippen LogP contribution >= 0.6 is 0 Å². The molecule has 1 unspecified atom stereocenters. The molecule has 2 rings (SSSR count). The van der Waals surface area contributed by atoms with E-state index in [-0.39, 0.29) is 11.5 Å². The second kappa shape index (κ2) is 9.86. The summed E-state index contributed by atoms with van der Waals surface area (Å²) >= 11 is 0. The zero-order valence-electron chi connectivity index (χ0n) is 19.1. The van der Waals surface area contributed by atoms with Gasteiger partial charge >= 0.3 is 6.18 Å². The Kier molecular flexibility index (Phi) is 8.20. The highest BCUT2D eigenvalue weighted by Gasteiger charge is 2.36. The minimum atomic E-state index is -4.31. The van der Waals surface area contributed by atoms with Crippen LogP contribution in [0.4, 0.5) is 13.2 Å². The average Bonchev–Trinajstić information content (AvgIpc) is 2.65. The van der Waals surface area contributed by atoms with Gasteiger partial charge in [0.1, 0.15) is 0 Å². The van der Waals surface area contributed by atoms with E-state index in [4.69, 9.17) is 0 Å². The number of rotatable bonds is 8. The van der Waals surface area contributed by atoms with Crippen molar-refractivity contribution in [3.05, 3.63) is 47.0 Å². The third-order valence-corrected chi connectivity index (χ3v) is 6.43. The molecule has 1 aromatic carbocycles. The summed E-state index contributed by atoms with van der Waals surface area (Å²) in [4.78, 5) is 2.43. The number of likely N-dealkylation sites (tertiary alicyclic amines) is 1. The van der Waals surface area contributed by atoms with Crippen LogP contribution in [0.2, 0.25) is 0 Å². The largest absolute Gasteiger partial charge is 0.416 e. The highest BCUT2D eigenvalue weighted by atomic mass is 19.4. The van der Waals surface area contributed by atoms with Gasteiger partial charge in [0, 0.05) is 19.1 Å². The molecule has 30 heavy (non-hydrogen) atoms. The summed E-state index contributed by atoms with van der Waals surface area (Å²) in [5.74, 6) is 0. The minimum Gasteiger partial charge on any atom is -0.390 e. The SMILES string of the molecule is CCCCC1(O)CCN(C(C=C(C)C)CC(C)(C)c2ccc(C(F)(F)F)cc2)CC1. The lowest BCUT2D eigenvalue weighted by Gasteiger charge is -2.43. The fourth-order valence-electron chi connectivity index (χ4n) is 4.46. The second-order valence-corrected chi connectivity index (χ2v) is 9.84. The molecule has 1 aliphatic heterocycles. The molecule has 5 heteroatoms. The van der Waals surface area contributed by atoms with E-state index in [1.807, 2.05) is 0 Å². The first kappa shape index (κ1) is 24.9. The van der Waals surface area contributed by atoms with E-state index in [0.717, 1.165) is 57.2 Å². The number of alkyl halides is 3. The number of benzene rings is 1. The molecule has 0 amide bonds. The molecular formula is C25H38F3NO. The number of halogens is 3. The number of hydrogen-bond acceptors (Lipinski definition) is 2. The molecule has 0 saturated carbocycles. The summed E-state index contributed by atoms with van der Waals surface area (Å²) in [6, 6.07) is 5.79. The monoisotopic (exact) mass is 425 g/mol. The van der Waals surface area contributed by atoms with Crippen molar-refractivity contribution in [2.45, 2.75) is 96.4 Å². The first-order valence-corrected chi connectivity index (χ1v) is 11.2. The van der Waals surface area contributed by atoms with Crippen molar-refractivity contribution in [1.29, 1.82) is 0 Å². The van der Waals surface area contributed by atoms with Crippen molar-refractivity contribution in [3.63, 3.8) is 0 Å². The fraction of sp³-hybridized carbons (Fsp3) is 0.680. The summed E-state index contributed by atoms with van der Waals surface area (Å²) in [7, 11) is 0. The highest BCUT2D eigenvalue weighted by Crippen LogP contribution is 2.36. The Balaban J connectivity index is 2.13. The molecule has 1 aliphatic rings. The molecule has 0 aromatic heterocycles. The summed E-state index contributed by atoms with van der Waals surface area (Å²) < 4.78 is 38.8. The van der Waals surface area contributed by atoms with Crippen molar-refractivity contribution in [2.24, 2.45) is 0 Å². The number of allylic oxidation sites excluding steroid dienone is 1. The maximum Gasteiger partial charge on any atom is 0.416 e. The van der Waals surface area contributed by atoms with Crippen molar-refractivity contribution in [3.8, 4) is 0 Å². The highest BCUT2D eigenvalue weighted by molar-refractivity contribution is 5.30. The number of nitrogens with zero attached hydrogens (tertiary/aromatic N) is 1. The maximum atomic E-state index is 12.9. The Labute approximate surface area is 180 Å². The molecule has 1 fully saturated rings. The number of unbranched alkanes of at least 4 members (excludes halogenated alkanes) is 1. The number of hydrogen-bond donors (Lipinski definition) is 1. The van der Waals surface area contributed by atoms with Crippen LogP contribution in [0.15, 0.2) is 35.9 Å². The van der Waals surface area contributed by atoms with Gasteiger partial charge in [-0.05, 0) is 62.6 Å². The van der Waals surface area contributed by atoms with Gasteiger partial charge in [0.25, 0.3) is 0 Å². The summed E-state index contributed by atoms with van der Waals surface area (Å²) in [5.41, 5.74) is 0.723. The standard InChI is InChI=1S/C25H38F3NO/c1-6-7-12-24(30)13-15-29(16-14-24)22(17-19(2)3)18-23(4,5)20-8-10-21(11-9-20)25(26,27)28/h8-11,17,22,30H,6-7,12-16,18H2,1-5H3. The predicted octanol–water partition coefficient (Wildman–Crippen LogP) is 6.73. The molecule has 0 bridgehead atoms. The summed E-state index contributed by atoms with van der Waals surface area (Å²) in [5, 5.41) is 10.9. The van der Waals surface area contributed by atoms with Crippen LogP contribution < -0.4 is 0 Å². The van der Waals surface area contributed by atoms with E-state index >= 15 is 0 Å². The van der Waals surface area contributed by atoms with E-state index in [2.05, 4.69) is 45.6 Å². The van der Waals surface area contributed by atoms with Crippen LogP contribution in [0.5, 0.6) is 0 Å². The van der Waals surface area contributed by atoms with Gasteiger partial charge in [0.2, 0.25) is 0 Å². The number of aliphatic hydroxyl groups is 1. The molecule has 2 nitrogen and oxygen atoms in total. The van der Waals surface area contributed by atoms with Crippen LogP contribution in [0.25, 0.3) is 0 Å². The minimum absolute atomic E-state index is 0.197. The first-order chi connectivity index (χ1) is 13.9. The zero-order valence-corrected chi connectivity index (χ0v) is 19.1. The molecule has 1 saturated heterocycles. The lowest BCUT2D eigenvalue weighted by Crippen LogP contribution is -2.49. The van der Waals surface area contributed by atoms with Gasteiger partial charge in [-0.3, -0.25) is 4.90 Å². The molecule has 170 valence electrons. The smallest absolute Gasteiger partial charge is 0.390 e.